The second kappa shape index (κ2) is 9.18. The van der Waals surface area contributed by atoms with Gasteiger partial charge in [-0.2, -0.15) is 0 Å². The van der Waals surface area contributed by atoms with Crippen LogP contribution in [0.3, 0.4) is 0 Å². The van der Waals surface area contributed by atoms with Crippen molar-refractivity contribution in [1.82, 2.24) is 5.32 Å². The molecule has 0 aliphatic heterocycles. The number of nitrogens with zero attached hydrogens (tertiary/aromatic N) is 1. The third-order valence-corrected chi connectivity index (χ3v) is 3.82. The number of urea groups is 1. The number of nitrogens with two attached hydrogens (primary N) is 1. The van der Waals surface area contributed by atoms with Crippen molar-refractivity contribution < 1.29 is 14.5 Å². The molecule has 0 saturated carbocycles. The molecule has 0 bridgehead atoms. The van der Waals surface area contributed by atoms with Gasteiger partial charge in [-0.3, -0.25) is 14.9 Å². The molecule has 0 heterocycles. The predicted molar refractivity (Wildman–Crippen MR) is 102 cm³/mol. The molecule has 0 spiro atoms. The highest BCUT2D eigenvalue weighted by molar-refractivity contribution is 5.87. The maximum atomic E-state index is 12.1. The number of primary amides is 1. The molecule has 0 saturated heterocycles. The van der Waals surface area contributed by atoms with Gasteiger partial charge in [-0.05, 0) is 30.7 Å². The van der Waals surface area contributed by atoms with Crippen molar-refractivity contribution in [2.45, 2.75) is 19.4 Å². The Bertz CT molecular complexity index is 823. The molecular weight excluding hydrogens is 350 g/mol. The molecule has 0 aliphatic rings. The van der Waals surface area contributed by atoms with Crippen LogP contribution in [0.2, 0.25) is 0 Å². The third kappa shape index (κ3) is 5.99. The number of para-hydroxylation sites is 2. The number of amides is 3. The minimum absolute atomic E-state index is 0.0315. The summed E-state index contributed by atoms with van der Waals surface area (Å²) in [5, 5.41) is 19.2. The van der Waals surface area contributed by atoms with E-state index in [4.69, 9.17) is 5.73 Å². The summed E-state index contributed by atoms with van der Waals surface area (Å²) < 4.78 is 0. The van der Waals surface area contributed by atoms with Gasteiger partial charge in [0.15, 0.2) is 0 Å². The number of hydrogen-bond acceptors (Lipinski definition) is 5. The summed E-state index contributed by atoms with van der Waals surface area (Å²) in [4.78, 5) is 33.4. The van der Waals surface area contributed by atoms with Gasteiger partial charge < -0.3 is 21.7 Å². The number of benzene rings is 2. The van der Waals surface area contributed by atoms with E-state index >= 15 is 0 Å². The van der Waals surface area contributed by atoms with Crippen LogP contribution in [0.4, 0.5) is 21.9 Å². The molecule has 2 rings (SSSR count). The first-order chi connectivity index (χ1) is 12.9. The molecule has 0 fully saturated rings. The molecule has 9 heteroatoms. The highest BCUT2D eigenvalue weighted by atomic mass is 16.6. The van der Waals surface area contributed by atoms with Gasteiger partial charge >= 0.3 is 6.03 Å². The summed E-state index contributed by atoms with van der Waals surface area (Å²) in [6.45, 7) is 2.11. The normalized spacial score (nSPS) is 11.3. The van der Waals surface area contributed by atoms with Crippen LogP contribution in [0.25, 0.3) is 0 Å². The van der Waals surface area contributed by atoms with Gasteiger partial charge in [0.1, 0.15) is 5.69 Å². The van der Waals surface area contributed by atoms with Gasteiger partial charge in [-0.1, -0.05) is 24.3 Å². The summed E-state index contributed by atoms with van der Waals surface area (Å²) in [5.74, 6) is -0.187. The standard InChI is InChI=1S/C18H21N5O4/c1-12(13-6-8-14(9-7-13)22-18(19)25)21-17(24)10-11-20-15-4-2-3-5-16(15)23(26)27/h2-9,12,20H,10-11H2,1H3,(H,21,24)(H3,19,22,25). The lowest BCUT2D eigenvalue weighted by molar-refractivity contribution is -0.384. The van der Waals surface area contributed by atoms with E-state index in [0.29, 0.717) is 11.4 Å². The van der Waals surface area contributed by atoms with Crippen LogP contribution in [0.1, 0.15) is 24.9 Å². The molecular formula is C18H21N5O4. The van der Waals surface area contributed by atoms with Crippen molar-refractivity contribution in [2.24, 2.45) is 5.73 Å². The van der Waals surface area contributed by atoms with Gasteiger partial charge in [0.05, 0.1) is 11.0 Å². The molecule has 0 aliphatic carbocycles. The van der Waals surface area contributed by atoms with Crippen molar-refractivity contribution in [2.75, 3.05) is 17.2 Å². The maximum Gasteiger partial charge on any atom is 0.316 e. The first kappa shape index (κ1) is 19.7. The summed E-state index contributed by atoms with van der Waals surface area (Å²) in [5.41, 5.74) is 6.83. The Balaban J connectivity index is 1.83. The zero-order valence-electron chi connectivity index (χ0n) is 14.8. The smallest absolute Gasteiger partial charge is 0.316 e. The van der Waals surface area contributed by atoms with E-state index in [2.05, 4.69) is 16.0 Å². The molecule has 2 aromatic rings. The fourth-order valence-electron chi connectivity index (χ4n) is 2.49. The van der Waals surface area contributed by atoms with Crippen LogP contribution in [-0.4, -0.2) is 23.4 Å². The lowest BCUT2D eigenvalue weighted by atomic mass is 10.1. The van der Waals surface area contributed by atoms with Crippen LogP contribution in [-0.2, 0) is 4.79 Å². The highest BCUT2D eigenvalue weighted by Crippen LogP contribution is 2.23. The molecule has 1 unspecified atom stereocenters. The lowest BCUT2D eigenvalue weighted by Gasteiger charge is -2.15. The lowest BCUT2D eigenvalue weighted by Crippen LogP contribution is -2.28. The SMILES string of the molecule is CC(NC(=O)CCNc1ccccc1[N+](=O)[O-])c1ccc(NC(N)=O)cc1. The van der Waals surface area contributed by atoms with Gasteiger partial charge in [0.25, 0.3) is 5.69 Å². The minimum atomic E-state index is -0.643. The van der Waals surface area contributed by atoms with Crippen molar-refractivity contribution in [3.8, 4) is 0 Å². The summed E-state index contributed by atoms with van der Waals surface area (Å²) in [6.07, 6.45) is 0.164. The molecule has 3 amide bonds. The van der Waals surface area contributed by atoms with E-state index in [9.17, 15) is 19.7 Å². The predicted octanol–water partition coefficient (Wildman–Crippen LogP) is 2.76. The van der Waals surface area contributed by atoms with E-state index in [1.54, 1.807) is 42.5 Å². The minimum Gasteiger partial charge on any atom is -0.379 e. The van der Waals surface area contributed by atoms with Crippen LogP contribution in [0.5, 0.6) is 0 Å². The van der Waals surface area contributed by atoms with Crippen LogP contribution in [0.15, 0.2) is 48.5 Å². The van der Waals surface area contributed by atoms with Gasteiger partial charge in [0.2, 0.25) is 5.91 Å². The Morgan fingerprint density at radius 2 is 1.81 bits per heavy atom. The van der Waals surface area contributed by atoms with E-state index in [0.717, 1.165) is 5.56 Å². The Morgan fingerprint density at radius 3 is 2.44 bits per heavy atom. The summed E-state index contributed by atoms with van der Waals surface area (Å²) >= 11 is 0. The number of carbonyl (C=O) groups excluding carboxylic acids is 2. The number of nitrogens with one attached hydrogen (secondary N) is 3. The fourth-order valence-corrected chi connectivity index (χ4v) is 2.49. The molecule has 0 radical (unpaired) electrons. The second-order valence-electron chi connectivity index (χ2n) is 5.85. The Kier molecular flexibility index (Phi) is 6.70. The molecule has 142 valence electrons. The zero-order valence-corrected chi connectivity index (χ0v) is 14.8. The number of nitro groups is 1. The van der Waals surface area contributed by atoms with Crippen molar-refractivity contribution in [3.63, 3.8) is 0 Å². The monoisotopic (exact) mass is 371 g/mol. The first-order valence-electron chi connectivity index (χ1n) is 8.30. The molecule has 9 nitrogen and oxygen atoms in total. The second-order valence-corrected chi connectivity index (χ2v) is 5.85. The number of carbonyl (C=O) groups is 2. The Labute approximate surface area is 156 Å². The fraction of sp³-hybridized carbons (Fsp3) is 0.222. The molecule has 0 aromatic heterocycles. The molecule has 2 aromatic carbocycles. The van der Waals surface area contributed by atoms with Gasteiger partial charge in [0, 0.05) is 24.7 Å². The van der Waals surface area contributed by atoms with E-state index < -0.39 is 11.0 Å². The first-order valence-corrected chi connectivity index (χ1v) is 8.30. The molecule has 27 heavy (non-hydrogen) atoms. The number of hydrogen-bond donors (Lipinski definition) is 4. The summed E-state index contributed by atoms with van der Waals surface area (Å²) in [6, 6.07) is 12.3. The van der Waals surface area contributed by atoms with Gasteiger partial charge in [-0.25, -0.2) is 4.79 Å². The third-order valence-electron chi connectivity index (χ3n) is 3.82. The molecule has 5 N–H and O–H groups in total. The van der Waals surface area contributed by atoms with E-state index in [1.807, 2.05) is 6.92 Å². The van der Waals surface area contributed by atoms with Crippen LogP contribution < -0.4 is 21.7 Å². The van der Waals surface area contributed by atoms with Gasteiger partial charge in [-0.15, -0.1) is 0 Å². The van der Waals surface area contributed by atoms with E-state index in [-0.39, 0.29) is 30.6 Å². The number of rotatable bonds is 8. The highest BCUT2D eigenvalue weighted by Gasteiger charge is 2.13. The Morgan fingerprint density at radius 1 is 1.15 bits per heavy atom. The number of nitro benzene ring substituents is 1. The largest absolute Gasteiger partial charge is 0.379 e. The van der Waals surface area contributed by atoms with Crippen molar-refractivity contribution in [3.05, 3.63) is 64.2 Å². The maximum absolute atomic E-state index is 12.1. The summed E-state index contributed by atoms with van der Waals surface area (Å²) in [7, 11) is 0. The van der Waals surface area contributed by atoms with Crippen LogP contribution in [0, 0.1) is 10.1 Å². The number of anilines is 2. The van der Waals surface area contributed by atoms with E-state index in [1.165, 1.54) is 6.07 Å². The molecule has 1 atom stereocenters. The average Bonchev–Trinajstić information content (AvgIpc) is 2.62. The van der Waals surface area contributed by atoms with Crippen molar-refractivity contribution >= 4 is 29.0 Å². The zero-order chi connectivity index (χ0) is 19.8. The quantitative estimate of drug-likeness (QED) is 0.417. The van der Waals surface area contributed by atoms with Crippen molar-refractivity contribution in [1.29, 1.82) is 0 Å². The van der Waals surface area contributed by atoms with Crippen LogP contribution >= 0.6 is 0 Å². The topological polar surface area (TPSA) is 139 Å². The average molecular weight is 371 g/mol. The Hall–Kier alpha value is -3.62.